The Kier molecular flexibility index (Phi) is 23.7. The van der Waals surface area contributed by atoms with Gasteiger partial charge in [0, 0.05) is 123 Å². The molecule has 0 saturated carbocycles. The number of piperazine rings is 2. The predicted octanol–water partition coefficient (Wildman–Crippen LogP) is 8.65. The zero-order valence-corrected chi connectivity index (χ0v) is 49.2. The van der Waals surface area contributed by atoms with Crippen LogP contribution >= 0.6 is 0 Å². The zero-order valence-electron chi connectivity index (χ0n) is 49.2. The highest BCUT2D eigenvalue weighted by atomic mass is 16.5. The predicted molar refractivity (Wildman–Crippen MR) is 332 cm³/mol. The maximum atomic E-state index is 13.8. The minimum atomic E-state index is 0.0771. The number of aromatic nitrogens is 2. The number of nitrogen functional groups attached to an aromatic ring is 2. The van der Waals surface area contributed by atoms with Crippen molar-refractivity contribution in [3.05, 3.63) is 107 Å². The summed E-state index contributed by atoms with van der Waals surface area (Å²) in [4.78, 5) is 45.6. The molecule has 0 unspecified atom stereocenters. The molecular weight excluding hydrogens is 1030 g/mol. The van der Waals surface area contributed by atoms with Crippen molar-refractivity contribution in [1.29, 1.82) is 0 Å². The summed E-state index contributed by atoms with van der Waals surface area (Å²) in [5, 5.41) is 16.1. The van der Waals surface area contributed by atoms with E-state index in [9.17, 15) is 9.59 Å². The zero-order chi connectivity index (χ0) is 57.5. The summed E-state index contributed by atoms with van der Waals surface area (Å²) < 4.78 is 21.9. The number of nitrogens with two attached hydrogens (primary N) is 2. The van der Waals surface area contributed by atoms with Crippen LogP contribution in [0.15, 0.2) is 84.9 Å². The summed E-state index contributed by atoms with van der Waals surface area (Å²) >= 11 is 0. The Balaban J connectivity index is 0.586. The van der Waals surface area contributed by atoms with Gasteiger partial charge < -0.3 is 71.3 Å². The van der Waals surface area contributed by atoms with Crippen LogP contribution in [0.4, 0.5) is 23.0 Å². The fraction of sp³-hybridized carbons (Fsp3) is 0.500. The first-order valence-corrected chi connectivity index (χ1v) is 29.9. The van der Waals surface area contributed by atoms with Gasteiger partial charge in [-0.15, -0.1) is 0 Å². The molecule has 0 radical (unpaired) electrons. The number of hydrogen-bond acceptors (Lipinski definition) is 16. The molecule has 2 aromatic heterocycles. The SMILES string of the molecule is COc1cc2nc(N3CCN(C(=O)c4ccccc4CNCCCCCCNCCCCCCNCCCCCCNCc4ccccc4C(=O)N4CCN(c5cc(N)c6cc(OC)c(OC)cc6n5)CC4)CC3)cc(N)c2cc1OC. The fourth-order valence-corrected chi connectivity index (χ4v) is 11.1. The first-order valence-electron chi connectivity index (χ1n) is 29.9. The molecule has 442 valence electrons. The number of hydrogen-bond donors (Lipinski definition) is 6. The van der Waals surface area contributed by atoms with E-state index in [4.69, 9.17) is 40.4 Å². The van der Waals surface area contributed by atoms with E-state index in [0.29, 0.717) is 99.8 Å². The lowest BCUT2D eigenvalue weighted by molar-refractivity contribution is 0.0737. The molecule has 0 spiro atoms. The smallest absolute Gasteiger partial charge is 0.254 e. The minimum absolute atomic E-state index is 0.0771. The number of anilines is 4. The Morgan fingerprint density at radius 1 is 0.427 bits per heavy atom. The molecule has 2 amide bonds. The van der Waals surface area contributed by atoms with Crippen molar-refractivity contribution in [2.45, 2.75) is 90.1 Å². The number of nitrogens with one attached hydrogen (secondary N) is 4. The van der Waals surface area contributed by atoms with Gasteiger partial charge in [-0.05, 0) is 113 Å². The maximum Gasteiger partial charge on any atom is 0.254 e. The highest BCUT2D eigenvalue weighted by Crippen LogP contribution is 2.37. The topological polar surface area (TPSA) is 210 Å². The van der Waals surface area contributed by atoms with Crippen molar-refractivity contribution in [2.75, 3.05) is 141 Å². The van der Waals surface area contributed by atoms with Crippen molar-refractivity contribution in [2.24, 2.45) is 0 Å². The summed E-state index contributed by atoms with van der Waals surface area (Å²) in [5.41, 5.74) is 19.3. The largest absolute Gasteiger partial charge is 0.493 e. The lowest BCUT2D eigenvalue weighted by Gasteiger charge is -2.36. The molecule has 2 aliphatic rings. The Morgan fingerprint density at radius 2 is 0.744 bits per heavy atom. The van der Waals surface area contributed by atoms with Crippen LogP contribution in [0, 0.1) is 0 Å². The molecule has 4 aromatic carbocycles. The molecule has 2 fully saturated rings. The third-order valence-corrected chi connectivity index (χ3v) is 15.9. The van der Waals surface area contributed by atoms with E-state index in [0.717, 1.165) is 108 Å². The van der Waals surface area contributed by atoms with Gasteiger partial charge in [0.2, 0.25) is 0 Å². The number of unbranched alkanes of at least 4 members (excludes halogenated alkanes) is 9. The number of amides is 2. The molecule has 2 saturated heterocycles. The van der Waals surface area contributed by atoms with Crippen LogP contribution in [0.3, 0.4) is 0 Å². The van der Waals surface area contributed by atoms with Crippen molar-refractivity contribution in [3.8, 4) is 23.0 Å². The Hall–Kier alpha value is -7.12. The summed E-state index contributed by atoms with van der Waals surface area (Å²) in [5.74, 6) is 4.18. The second-order valence-electron chi connectivity index (χ2n) is 21.6. The van der Waals surface area contributed by atoms with Crippen molar-refractivity contribution < 1.29 is 28.5 Å². The molecule has 18 heteroatoms. The van der Waals surface area contributed by atoms with Crippen molar-refractivity contribution in [3.63, 3.8) is 0 Å². The van der Waals surface area contributed by atoms with Crippen molar-refractivity contribution >= 4 is 56.6 Å². The van der Waals surface area contributed by atoms with Crippen LogP contribution in [0.1, 0.15) is 109 Å². The standard InChI is InChI=1S/C64H90N12O6/c1-79-57-39-51-53(65)41-61(71-55(51)43-59(57)81-3)73-31-35-75(36-32-73)63(77)49-23-13-11-21-47(49)45-69-29-19-9-7-17-27-67-25-15-5-6-16-26-68-28-18-8-10-20-30-70-46-48-22-12-14-24-50(48)64(78)76-37-33-74(34-38-76)62-42-54(66)52-40-58(80-2)60(82-4)44-56(52)72-62/h11-14,21-24,39-44,67-70H,5-10,15-20,25-38,45-46H2,1-4H3,(H2,65,71)(H2,66,72). The second-order valence-corrected chi connectivity index (χ2v) is 21.6. The number of fused-ring (bicyclic) bond motifs is 2. The second kappa shape index (κ2) is 31.9. The highest BCUT2D eigenvalue weighted by Gasteiger charge is 2.27. The number of methoxy groups -OCH3 is 4. The lowest BCUT2D eigenvalue weighted by atomic mass is 10.1. The van der Waals surface area contributed by atoms with Crippen molar-refractivity contribution in [1.82, 2.24) is 41.0 Å². The molecule has 4 heterocycles. The summed E-state index contributed by atoms with van der Waals surface area (Å²) in [7, 11) is 6.43. The third-order valence-electron chi connectivity index (χ3n) is 15.9. The molecule has 0 bridgehead atoms. The van der Waals surface area contributed by atoms with Gasteiger partial charge in [-0.1, -0.05) is 74.9 Å². The van der Waals surface area contributed by atoms with Crippen LogP contribution in [-0.2, 0) is 13.1 Å². The van der Waals surface area contributed by atoms with Gasteiger partial charge in [0.1, 0.15) is 11.6 Å². The number of pyridine rings is 2. The van der Waals surface area contributed by atoms with Crippen LogP contribution in [0.25, 0.3) is 21.8 Å². The number of ether oxygens (including phenoxy) is 4. The van der Waals surface area contributed by atoms with E-state index in [1.54, 1.807) is 28.4 Å². The fourth-order valence-electron chi connectivity index (χ4n) is 11.1. The van der Waals surface area contributed by atoms with E-state index in [2.05, 4.69) is 43.2 Å². The van der Waals surface area contributed by atoms with Crippen LogP contribution in [0.5, 0.6) is 23.0 Å². The number of nitrogens with zero attached hydrogens (tertiary/aromatic N) is 6. The Bertz CT molecular complexity index is 2780. The van der Waals surface area contributed by atoms with Gasteiger partial charge in [-0.25, -0.2) is 9.97 Å². The molecule has 82 heavy (non-hydrogen) atoms. The summed E-state index contributed by atoms with van der Waals surface area (Å²) in [6.07, 6.45) is 14.5. The average Bonchev–Trinajstić information content (AvgIpc) is 3.51. The Morgan fingerprint density at radius 3 is 1.09 bits per heavy atom. The molecule has 8 N–H and O–H groups in total. The van der Waals surface area contributed by atoms with Gasteiger partial charge in [0.25, 0.3) is 11.8 Å². The molecule has 6 aromatic rings. The number of carbonyl (C=O) groups is 2. The molecule has 18 nitrogen and oxygen atoms in total. The highest BCUT2D eigenvalue weighted by molar-refractivity contribution is 5.98. The molecular formula is C64H90N12O6. The van der Waals surface area contributed by atoms with E-state index in [1.807, 2.05) is 82.6 Å². The van der Waals surface area contributed by atoms with Crippen LogP contribution in [0.2, 0.25) is 0 Å². The van der Waals surface area contributed by atoms with E-state index in [-0.39, 0.29) is 11.8 Å². The van der Waals surface area contributed by atoms with Crippen LogP contribution < -0.4 is 61.5 Å². The summed E-state index contributed by atoms with van der Waals surface area (Å²) in [6.45, 7) is 12.7. The van der Waals surface area contributed by atoms with Gasteiger partial charge in [0.05, 0.1) is 39.5 Å². The average molecular weight is 1120 g/mol. The van der Waals surface area contributed by atoms with E-state index < -0.39 is 0 Å². The quantitative estimate of drug-likeness (QED) is 0.0213. The first-order chi connectivity index (χ1) is 40.2. The molecule has 2 aliphatic heterocycles. The number of carbonyl (C=O) groups excluding carboxylic acids is 2. The first kappa shape index (κ1) is 61.0. The Labute approximate surface area is 485 Å². The van der Waals surface area contributed by atoms with Gasteiger partial charge in [-0.3, -0.25) is 9.59 Å². The van der Waals surface area contributed by atoms with Gasteiger partial charge >= 0.3 is 0 Å². The van der Waals surface area contributed by atoms with E-state index >= 15 is 0 Å². The minimum Gasteiger partial charge on any atom is -0.493 e. The normalized spacial score (nSPS) is 13.8. The molecule has 8 rings (SSSR count). The van der Waals surface area contributed by atoms with Gasteiger partial charge in [0.15, 0.2) is 23.0 Å². The summed E-state index contributed by atoms with van der Waals surface area (Å²) in [6, 6.07) is 27.2. The number of rotatable bonds is 33. The lowest BCUT2D eigenvalue weighted by Crippen LogP contribution is -2.49. The number of benzene rings is 4. The van der Waals surface area contributed by atoms with Crippen LogP contribution in [-0.4, -0.2) is 152 Å². The maximum absolute atomic E-state index is 13.8. The molecule has 0 aliphatic carbocycles. The van der Waals surface area contributed by atoms with Gasteiger partial charge in [-0.2, -0.15) is 0 Å². The molecule has 0 atom stereocenters. The van der Waals surface area contributed by atoms with E-state index in [1.165, 1.54) is 64.2 Å². The third kappa shape index (κ3) is 16.8. The monoisotopic (exact) mass is 1120 g/mol.